The Labute approximate surface area is 335 Å². The number of aliphatic hydroxyl groups is 3. The average molecular weight is 790 g/mol. The Morgan fingerprint density at radius 2 is 1.74 bits per heavy atom. The molecule has 1 spiro atoms. The van der Waals surface area contributed by atoms with Crippen LogP contribution >= 0.6 is 0 Å². The van der Waals surface area contributed by atoms with E-state index in [1.54, 1.807) is 37.3 Å². The van der Waals surface area contributed by atoms with Gasteiger partial charge in [-0.25, -0.2) is 0 Å². The standard InChI is InChI=1S/C45H59NO11/c1-26-17-20-44(56-30(26)5)23-35-22-34(57-44)16-11-28(3)39(55-42(51)43(18-6-7-19-43)31-12-14-33(15-13-31)46-37(48)24-47)27(2)9-8-10-32-25-53-40-38(49)29(4)21-36(41(50)54-35)45(32,40)52/h8-15,21,26-27,30,34-36,38-40,47,49,52H,6-7,16-20,22-25H2,1-5H3,(H,46,48)/b9-8+,28-11+,32-10+/t26-,27-,30+,34+,35-,36-,38+,39+,40+,44-,45+/m0/s1. The van der Waals surface area contributed by atoms with E-state index in [1.807, 2.05) is 39.0 Å². The summed E-state index contributed by atoms with van der Waals surface area (Å²) in [6.07, 6.45) is 11.0. The van der Waals surface area contributed by atoms with E-state index in [9.17, 15) is 29.7 Å². The van der Waals surface area contributed by atoms with Gasteiger partial charge in [0.2, 0.25) is 5.91 Å². The van der Waals surface area contributed by atoms with Crippen LogP contribution in [0.15, 0.2) is 71.4 Å². The minimum Gasteiger partial charge on any atom is -0.462 e. The van der Waals surface area contributed by atoms with Crippen molar-refractivity contribution in [2.45, 2.75) is 146 Å². The van der Waals surface area contributed by atoms with Crippen LogP contribution in [-0.2, 0) is 43.5 Å². The lowest BCUT2D eigenvalue weighted by atomic mass is 9.71. The molecule has 6 aliphatic rings. The third kappa shape index (κ3) is 8.06. The quantitative estimate of drug-likeness (QED) is 0.220. The number of fused-ring (bicyclic) bond motifs is 2. The Morgan fingerprint density at radius 3 is 2.44 bits per heavy atom. The molecular formula is C45H59NO11. The van der Waals surface area contributed by atoms with Gasteiger partial charge in [0.1, 0.15) is 42.5 Å². The summed E-state index contributed by atoms with van der Waals surface area (Å²) in [7, 11) is 0. The first-order chi connectivity index (χ1) is 27.2. The molecule has 11 atom stereocenters. The van der Waals surface area contributed by atoms with Crippen molar-refractivity contribution in [1.29, 1.82) is 0 Å². The summed E-state index contributed by atoms with van der Waals surface area (Å²) in [5.74, 6) is -3.46. The van der Waals surface area contributed by atoms with E-state index in [1.165, 1.54) is 0 Å². The SMILES string of the molecule is CC1=C[C@H]2C(=O)O[C@H]3C[C@@H](C/C=C(\C)[C@H](OC(=O)C4(c5ccc(NC(=O)CO)cc5)CCCC4)[C@@H](C)/C=C/C=C4\CO[C@H]([C@@H]1O)[C@@]42O)O[C@@]1(CC[C@H](C)[C@@H](C)O1)C3. The Bertz CT molecular complexity index is 1810. The van der Waals surface area contributed by atoms with E-state index in [0.29, 0.717) is 61.3 Å². The number of rotatable bonds is 5. The van der Waals surface area contributed by atoms with Crippen molar-refractivity contribution in [3.63, 3.8) is 0 Å². The van der Waals surface area contributed by atoms with E-state index in [-0.39, 0.29) is 30.7 Å². The van der Waals surface area contributed by atoms with E-state index in [2.05, 4.69) is 18.3 Å². The second kappa shape index (κ2) is 16.5. The van der Waals surface area contributed by atoms with Gasteiger partial charge in [-0.1, -0.05) is 69.2 Å². The number of hydrogen-bond acceptors (Lipinski definition) is 11. The molecule has 1 aromatic rings. The average Bonchev–Trinajstić information content (AvgIpc) is 3.82. The van der Waals surface area contributed by atoms with Gasteiger partial charge in [-0.15, -0.1) is 0 Å². The number of ether oxygens (including phenoxy) is 5. The monoisotopic (exact) mass is 789 g/mol. The fraction of sp³-hybridized carbons (Fsp3) is 0.622. The summed E-state index contributed by atoms with van der Waals surface area (Å²) < 4.78 is 32.3. The molecule has 12 nitrogen and oxygen atoms in total. The number of amides is 1. The third-order valence-corrected chi connectivity index (χ3v) is 13.5. The smallest absolute Gasteiger partial charge is 0.317 e. The first-order valence-corrected chi connectivity index (χ1v) is 20.7. The van der Waals surface area contributed by atoms with Gasteiger partial charge in [0.25, 0.3) is 0 Å². The number of carbonyl (C=O) groups excluding carboxylic acids is 3. The van der Waals surface area contributed by atoms with E-state index in [0.717, 1.165) is 30.4 Å². The zero-order valence-electron chi connectivity index (χ0n) is 33.8. The van der Waals surface area contributed by atoms with E-state index >= 15 is 0 Å². The molecule has 7 rings (SSSR count). The fourth-order valence-corrected chi connectivity index (χ4v) is 9.88. The van der Waals surface area contributed by atoms with Crippen LogP contribution in [0.3, 0.4) is 0 Å². The number of esters is 2. The van der Waals surface area contributed by atoms with Crippen molar-refractivity contribution >= 4 is 23.5 Å². The first-order valence-electron chi connectivity index (χ1n) is 20.7. The number of aliphatic hydroxyl groups excluding tert-OH is 2. The van der Waals surface area contributed by atoms with Gasteiger partial charge < -0.3 is 44.3 Å². The highest BCUT2D eigenvalue weighted by atomic mass is 16.7. The lowest BCUT2D eigenvalue weighted by molar-refractivity contribution is -0.332. The molecule has 0 unspecified atom stereocenters. The van der Waals surface area contributed by atoms with Gasteiger partial charge in [0.05, 0.1) is 24.2 Å². The van der Waals surface area contributed by atoms with Crippen molar-refractivity contribution < 1.29 is 53.4 Å². The lowest BCUT2D eigenvalue weighted by Crippen LogP contribution is -2.58. The van der Waals surface area contributed by atoms with Crippen LogP contribution in [0.25, 0.3) is 0 Å². The lowest BCUT2D eigenvalue weighted by Gasteiger charge is -2.49. The molecule has 12 heteroatoms. The second-order valence-corrected chi connectivity index (χ2v) is 17.4. The summed E-state index contributed by atoms with van der Waals surface area (Å²) in [6, 6.07) is 7.17. The van der Waals surface area contributed by atoms with Crippen molar-refractivity contribution in [1.82, 2.24) is 0 Å². The van der Waals surface area contributed by atoms with E-state index < -0.39 is 65.6 Å². The Hall–Kier alpha value is -3.65. The van der Waals surface area contributed by atoms with Gasteiger partial charge in [0, 0.05) is 30.9 Å². The van der Waals surface area contributed by atoms with Crippen LogP contribution in [-0.4, -0.2) is 94.4 Å². The highest BCUT2D eigenvalue weighted by molar-refractivity contribution is 5.91. The maximum absolute atomic E-state index is 14.6. The summed E-state index contributed by atoms with van der Waals surface area (Å²) in [5, 5.41) is 35.4. The zero-order chi connectivity index (χ0) is 40.7. The summed E-state index contributed by atoms with van der Waals surface area (Å²) in [4.78, 5) is 40.5. The van der Waals surface area contributed by atoms with Crippen LogP contribution in [0.4, 0.5) is 5.69 Å². The molecule has 2 aliphatic carbocycles. The van der Waals surface area contributed by atoms with Crippen molar-refractivity contribution in [2.75, 3.05) is 18.5 Å². The van der Waals surface area contributed by atoms with Gasteiger partial charge in [0.15, 0.2) is 5.79 Å². The molecule has 1 saturated carbocycles. The number of benzene rings is 1. The molecule has 4 heterocycles. The molecule has 3 saturated heterocycles. The molecule has 0 radical (unpaired) electrons. The summed E-state index contributed by atoms with van der Waals surface area (Å²) >= 11 is 0. The Morgan fingerprint density at radius 1 is 1.00 bits per heavy atom. The minimum atomic E-state index is -1.85. The van der Waals surface area contributed by atoms with Gasteiger partial charge in [-0.3, -0.25) is 14.4 Å². The zero-order valence-corrected chi connectivity index (χ0v) is 33.8. The Balaban J connectivity index is 1.24. The van der Waals surface area contributed by atoms with Crippen LogP contribution in [0.2, 0.25) is 0 Å². The fourth-order valence-electron chi connectivity index (χ4n) is 9.88. The van der Waals surface area contributed by atoms with Crippen LogP contribution in [0.1, 0.15) is 98.0 Å². The molecule has 1 aromatic carbocycles. The molecule has 310 valence electrons. The van der Waals surface area contributed by atoms with Crippen LogP contribution in [0, 0.1) is 17.8 Å². The molecule has 0 aromatic heterocycles. The van der Waals surface area contributed by atoms with Crippen molar-refractivity contribution in [3.8, 4) is 0 Å². The van der Waals surface area contributed by atoms with Crippen LogP contribution in [0.5, 0.6) is 0 Å². The number of hydrogen-bond donors (Lipinski definition) is 4. The predicted molar refractivity (Wildman–Crippen MR) is 211 cm³/mol. The number of anilines is 1. The summed E-state index contributed by atoms with van der Waals surface area (Å²) in [5.41, 5.74) is 0.435. The maximum Gasteiger partial charge on any atom is 0.317 e. The molecule has 2 bridgehead atoms. The van der Waals surface area contributed by atoms with E-state index in [4.69, 9.17) is 23.7 Å². The topological polar surface area (TPSA) is 170 Å². The molecule has 1 amide bonds. The number of allylic oxidation sites excluding steroid dienone is 2. The van der Waals surface area contributed by atoms with Gasteiger partial charge in [-0.05, 0) is 86.8 Å². The minimum absolute atomic E-state index is 0.0105. The number of carbonyl (C=O) groups is 3. The first kappa shape index (κ1) is 41.5. The molecule has 4 aliphatic heterocycles. The summed E-state index contributed by atoms with van der Waals surface area (Å²) in [6.45, 7) is 9.25. The molecule has 4 N–H and O–H groups in total. The van der Waals surface area contributed by atoms with Gasteiger partial charge in [-0.2, -0.15) is 0 Å². The third-order valence-electron chi connectivity index (χ3n) is 13.5. The maximum atomic E-state index is 14.6. The molecular weight excluding hydrogens is 730 g/mol. The predicted octanol–water partition coefficient (Wildman–Crippen LogP) is 5.50. The molecule has 57 heavy (non-hydrogen) atoms. The highest BCUT2D eigenvalue weighted by Crippen LogP contribution is 2.48. The van der Waals surface area contributed by atoms with Crippen LogP contribution < -0.4 is 5.32 Å². The van der Waals surface area contributed by atoms with Crippen molar-refractivity contribution in [3.05, 3.63) is 76.9 Å². The van der Waals surface area contributed by atoms with Crippen molar-refractivity contribution in [2.24, 2.45) is 17.8 Å². The second-order valence-electron chi connectivity index (χ2n) is 17.4. The largest absolute Gasteiger partial charge is 0.462 e. The normalized spacial score (nSPS) is 40.4. The number of nitrogens with one attached hydrogen (secondary N) is 1. The highest BCUT2D eigenvalue weighted by Gasteiger charge is 2.60. The Kier molecular flexibility index (Phi) is 12.0. The van der Waals surface area contributed by atoms with Gasteiger partial charge >= 0.3 is 11.9 Å². The molecule has 4 fully saturated rings.